The molecule has 0 spiro atoms. The van der Waals surface area contributed by atoms with Crippen molar-refractivity contribution in [1.82, 2.24) is 15.3 Å². The van der Waals surface area contributed by atoms with Gasteiger partial charge in [0.1, 0.15) is 0 Å². The van der Waals surface area contributed by atoms with Gasteiger partial charge in [0.2, 0.25) is 0 Å². The second kappa shape index (κ2) is 6.27. The van der Waals surface area contributed by atoms with Gasteiger partial charge in [-0.3, -0.25) is 9.97 Å². The van der Waals surface area contributed by atoms with Gasteiger partial charge in [-0.2, -0.15) is 5.26 Å². The average Bonchev–Trinajstić information content (AvgIpc) is 2.47. The van der Waals surface area contributed by atoms with Gasteiger partial charge in [0.25, 0.3) is 0 Å². The van der Waals surface area contributed by atoms with Crippen molar-refractivity contribution < 1.29 is 0 Å². The average molecular weight is 266 g/mol. The maximum atomic E-state index is 8.81. The van der Waals surface area contributed by atoms with Crippen LogP contribution in [0.25, 0.3) is 0 Å². The molecule has 20 heavy (non-hydrogen) atoms. The molecule has 2 atom stereocenters. The molecule has 2 unspecified atom stereocenters. The zero-order chi connectivity index (χ0) is 14.5. The summed E-state index contributed by atoms with van der Waals surface area (Å²) in [6.45, 7) is 6.15. The molecule has 0 radical (unpaired) electrons. The minimum absolute atomic E-state index is 0.120. The Labute approximate surface area is 119 Å². The minimum Gasteiger partial charge on any atom is -0.302 e. The van der Waals surface area contributed by atoms with E-state index >= 15 is 0 Å². The van der Waals surface area contributed by atoms with E-state index in [0.29, 0.717) is 5.56 Å². The second-order valence-electron chi connectivity index (χ2n) is 4.87. The molecular weight excluding hydrogens is 248 g/mol. The first-order valence-electron chi connectivity index (χ1n) is 6.65. The van der Waals surface area contributed by atoms with Gasteiger partial charge in [0.15, 0.2) is 0 Å². The van der Waals surface area contributed by atoms with Gasteiger partial charge in [0, 0.05) is 24.5 Å². The summed E-state index contributed by atoms with van der Waals surface area (Å²) in [5, 5.41) is 12.3. The smallest absolute Gasteiger partial charge is 0.0991 e. The Bertz CT molecular complexity index is 613. The number of aryl methyl sites for hydroxylation is 1. The van der Waals surface area contributed by atoms with E-state index in [1.807, 2.05) is 31.2 Å². The lowest BCUT2D eigenvalue weighted by Crippen LogP contribution is -2.24. The number of aromatic nitrogens is 2. The number of nitrogens with one attached hydrogen (secondary N) is 1. The molecule has 0 saturated carbocycles. The minimum atomic E-state index is 0.120. The van der Waals surface area contributed by atoms with Crippen molar-refractivity contribution in [2.45, 2.75) is 32.9 Å². The lowest BCUT2D eigenvalue weighted by atomic mass is 10.0. The van der Waals surface area contributed by atoms with Gasteiger partial charge in [-0.15, -0.1) is 0 Å². The predicted molar refractivity (Wildman–Crippen MR) is 77.9 cm³/mol. The lowest BCUT2D eigenvalue weighted by molar-refractivity contribution is 0.483. The van der Waals surface area contributed by atoms with E-state index < -0.39 is 0 Å². The summed E-state index contributed by atoms with van der Waals surface area (Å²) in [5.74, 6) is 0. The van der Waals surface area contributed by atoms with Crippen LogP contribution in [0.2, 0.25) is 0 Å². The van der Waals surface area contributed by atoms with E-state index in [0.717, 1.165) is 17.0 Å². The molecule has 1 N–H and O–H groups in total. The largest absolute Gasteiger partial charge is 0.302 e. The molecular formula is C16H18N4. The molecule has 0 saturated heterocycles. The van der Waals surface area contributed by atoms with Gasteiger partial charge in [-0.1, -0.05) is 12.1 Å². The Hall–Kier alpha value is -2.25. The van der Waals surface area contributed by atoms with Crippen LogP contribution in [0.4, 0.5) is 0 Å². The summed E-state index contributed by atoms with van der Waals surface area (Å²) in [6, 6.07) is 10.1. The fourth-order valence-electron chi connectivity index (χ4n) is 2.24. The van der Waals surface area contributed by atoms with Gasteiger partial charge >= 0.3 is 0 Å². The maximum absolute atomic E-state index is 8.81. The Balaban J connectivity index is 2.09. The third-order valence-corrected chi connectivity index (χ3v) is 3.37. The van der Waals surface area contributed by atoms with Crippen molar-refractivity contribution >= 4 is 0 Å². The fourth-order valence-corrected chi connectivity index (χ4v) is 2.24. The molecule has 0 amide bonds. The number of benzene rings is 1. The van der Waals surface area contributed by atoms with Gasteiger partial charge < -0.3 is 5.32 Å². The quantitative estimate of drug-likeness (QED) is 0.923. The lowest BCUT2D eigenvalue weighted by Gasteiger charge is -2.20. The van der Waals surface area contributed by atoms with Gasteiger partial charge in [-0.25, -0.2) is 0 Å². The normalized spacial score (nSPS) is 13.5. The van der Waals surface area contributed by atoms with Crippen molar-refractivity contribution in [3.05, 3.63) is 59.2 Å². The fraction of sp³-hybridized carbons (Fsp3) is 0.312. The highest BCUT2D eigenvalue weighted by Gasteiger charge is 2.14. The monoisotopic (exact) mass is 266 g/mol. The zero-order valence-electron chi connectivity index (χ0n) is 12.0. The third-order valence-electron chi connectivity index (χ3n) is 3.37. The van der Waals surface area contributed by atoms with Gasteiger partial charge in [0.05, 0.1) is 23.0 Å². The highest BCUT2D eigenvalue weighted by atomic mass is 15.0. The van der Waals surface area contributed by atoms with Crippen LogP contribution in [0.1, 0.15) is 48.4 Å². The standard InChI is InChI=1S/C16H18N4/c1-11(15-6-4-14(10-17)5-7-15)20-13(3)16-12(2)18-8-9-19-16/h4-9,11,13,20H,1-3H3. The summed E-state index contributed by atoms with van der Waals surface area (Å²) in [7, 11) is 0. The van der Waals surface area contributed by atoms with Crippen molar-refractivity contribution in [3.8, 4) is 6.07 Å². The molecule has 102 valence electrons. The van der Waals surface area contributed by atoms with Crippen LogP contribution < -0.4 is 5.32 Å². The molecule has 0 aliphatic rings. The first-order chi connectivity index (χ1) is 9.61. The van der Waals surface area contributed by atoms with Gasteiger partial charge in [-0.05, 0) is 38.5 Å². The summed E-state index contributed by atoms with van der Waals surface area (Å²) < 4.78 is 0. The van der Waals surface area contributed by atoms with E-state index in [4.69, 9.17) is 5.26 Å². The van der Waals surface area contributed by atoms with Crippen LogP contribution in [0.3, 0.4) is 0 Å². The first kappa shape index (κ1) is 14.2. The number of hydrogen-bond donors (Lipinski definition) is 1. The molecule has 4 nitrogen and oxygen atoms in total. The van der Waals surface area contributed by atoms with Crippen molar-refractivity contribution in [1.29, 1.82) is 5.26 Å². The molecule has 2 rings (SSSR count). The van der Waals surface area contributed by atoms with Crippen molar-refractivity contribution in [2.24, 2.45) is 0 Å². The van der Waals surface area contributed by atoms with Crippen LogP contribution in [0, 0.1) is 18.3 Å². The highest BCUT2D eigenvalue weighted by molar-refractivity contribution is 5.32. The Kier molecular flexibility index (Phi) is 4.44. The number of nitrogens with zero attached hydrogens (tertiary/aromatic N) is 3. The molecule has 1 aromatic carbocycles. The Morgan fingerprint density at radius 2 is 1.70 bits per heavy atom. The Morgan fingerprint density at radius 3 is 2.30 bits per heavy atom. The van der Waals surface area contributed by atoms with Crippen LogP contribution in [-0.2, 0) is 0 Å². The molecule has 4 heteroatoms. The molecule has 2 aromatic rings. The molecule has 0 aliphatic carbocycles. The first-order valence-corrected chi connectivity index (χ1v) is 6.65. The second-order valence-corrected chi connectivity index (χ2v) is 4.87. The topological polar surface area (TPSA) is 61.6 Å². The van der Waals surface area contributed by atoms with E-state index in [1.54, 1.807) is 12.4 Å². The highest BCUT2D eigenvalue weighted by Crippen LogP contribution is 2.19. The van der Waals surface area contributed by atoms with Crippen LogP contribution >= 0.6 is 0 Å². The van der Waals surface area contributed by atoms with Crippen LogP contribution in [-0.4, -0.2) is 9.97 Å². The SMILES string of the molecule is Cc1nccnc1C(C)NC(C)c1ccc(C#N)cc1. The molecule has 0 bridgehead atoms. The number of hydrogen-bond acceptors (Lipinski definition) is 4. The zero-order valence-corrected chi connectivity index (χ0v) is 12.0. The maximum Gasteiger partial charge on any atom is 0.0991 e. The van der Waals surface area contributed by atoms with Crippen molar-refractivity contribution in [2.75, 3.05) is 0 Å². The van der Waals surface area contributed by atoms with E-state index in [9.17, 15) is 0 Å². The van der Waals surface area contributed by atoms with Crippen LogP contribution in [0.15, 0.2) is 36.7 Å². The Morgan fingerprint density at radius 1 is 1.05 bits per heavy atom. The van der Waals surface area contributed by atoms with E-state index in [1.165, 1.54) is 0 Å². The molecule has 1 aromatic heterocycles. The van der Waals surface area contributed by atoms with Crippen LogP contribution in [0.5, 0.6) is 0 Å². The van der Waals surface area contributed by atoms with E-state index in [2.05, 4.69) is 35.2 Å². The molecule has 0 aliphatic heterocycles. The third kappa shape index (κ3) is 3.19. The molecule has 1 heterocycles. The summed E-state index contributed by atoms with van der Waals surface area (Å²) >= 11 is 0. The van der Waals surface area contributed by atoms with Crippen molar-refractivity contribution in [3.63, 3.8) is 0 Å². The summed E-state index contributed by atoms with van der Waals surface area (Å²) in [5.41, 5.74) is 3.74. The number of rotatable bonds is 4. The summed E-state index contributed by atoms with van der Waals surface area (Å²) in [6.07, 6.45) is 3.42. The molecule has 0 fully saturated rings. The predicted octanol–water partition coefficient (Wildman–Crippen LogP) is 3.07. The summed E-state index contributed by atoms with van der Waals surface area (Å²) in [4.78, 5) is 8.65. The van der Waals surface area contributed by atoms with E-state index in [-0.39, 0.29) is 12.1 Å². The number of nitriles is 1.